The topological polar surface area (TPSA) is 195 Å². The molecule has 0 bridgehead atoms. The molecule has 0 aromatic carbocycles. The number of nitrogens with zero attached hydrogens (tertiary/aromatic N) is 1. The van der Waals surface area contributed by atoms with Crippen LogP contribution in [0.3, 0.4) is 0 Å². The Morgan fingerprint density at radius 2 is 2.14 bits per heavy atom. The molecule has 6 atom stereocenters. The average Bonchev–Trinajstić information content (AvgIpc) is 3.08. The standard InChI is InChI=1S/C14H20N5O8PS/c1-14(24)9(15)7(27-11(14)19-3-2-8(20)17-13(19)23)4-26-28(25)29-5-6-10(21)18-12(22)16-6/h2-3,6-7,9,11,24,28H,4-5,15H2,1H3,(H,17,20,23)(H2,16,18,21,22)/t6-,7?,9-,11?,14-/m1/s1. The van der Waals surface area contributed by atoms with Crippen molar-refractivity contribution in [1.29, 1.82) is 0 Å². The van der Waals surface area contributed by atoms with Crippen molar-refractivity contribution in [1.82, 2.24) is 20.2 Å². The number of urea groups is 1. The third-order valence-corrected chi connectivity index (χ3v) is 7.27. The van der Waals surface area contributed by atoms with Gasteiger partial charge in [-0.25, -0.2) is 9.59 Å². The number of hydrogen-bond acceptors (Lipinski definition) is 10. The van der Waals surface area contributed by atoms with E-state index in [1.165, 1.54) is 13.1 Å². The molecule has 3 unspecified atom stereocenters. The lowest BCUT2D eigenvalue weighted by molar-refractivity contribution is -0.119. The number of hydrogen-bond donors (Lipinski definition) is 5. The zero-order valence-electron chi connectivity index (χ0n) is 15.1. The number of rotatable bonds is 7. The van der Waals surface area contributed by atoms with E-state index in [0.717, 1.165) is 22.0 Å². The van der Waals surface area contributed by atoms with Crippen molar-refractivity contribution in [3.8, 4) is 0 Å². The van der Waals surface area contributed by atoms with Crippen LogP contribution in [-0.4, -0.2) is 62.7 Å². The van der Waals surface area contributed by atoms with Gasteiger partial charge >= 0.3 is 11.7 Å². The second kappa shape index (κ2) is 8.42. The zero-order valence-corrected chi connectivity index (χ0v) is 16.9. The molecule has 13 nitrogen and oxygen atoms in total. The molecular weight excluding hydrogens is 429 g/mol. The molecule has 3 rings (SSSR count). The molecule has 3 amide bonds. The number of ether oxygens (including phenoxy) is 1. The summed E-state index contributed by atoms with van der Waals surface area (Å²) in [5.74, 6) is -0.455. The summed E-state index contributed by atoms with van der Waals surface area (Å²) in [4.78, 5) is 47.8. The van der Waals surface area contributed by atoms with Crippen LogP contribution in [0.4, 0.5) is 4.79 Å². The quantitative estimate of drug-likeness (QED) is 0.226. The van der Waals surface area contributed by atoms with Crippen LogP contribution in [0, 0.1) is 0 Å². The third-order valence-electron chi connectivity index (χ3n) is 4.57. The molecular formula is C14H20N5O8PS. The van der Waals surface area contributed by atoms with Gasteiger partial charge in [-0.15, -0.1) is 0 Å². The van der Waals surface area contributed by atoms with Crippen molar-refractivity contribution in [2.24, 2.45) is 5.73 Å². The number of aliphatic hydroxyl groups is 1. The van der Waals surface area contributed by atoms with Crippen LogP contribution >= 0.6 is 18.6 Å². The van der Waals surface area contributed by atoms with Crippen LogP contribution in [0.5, 0.6) is 0 Å². The van der Waals surface area contributed by atoms with Crippen LogP contribution in [0.2, 0.25) is 0 Å². The number of aromatic amines is 1. The van der Waals surface area contributed by atoms with Crippen molar-refractivity contribution in [3.63, 3.8) is 0 Å². The molecule has 0 spiro atoms. The first-order valence-electron chi connectivity index (χ1n) is 8.45. The van der Waals surface area contributed by atoms with Crippen molar-refractivity contribution in [2.45, 2.75) is 36.9 Å². The summed E-state index contributed by atoms with van der Waals surface area (Å²) in [6, 6.07) is -1.29. The summed E-state index contributed by atoms with van der Waals surface area (Å²) in [7, 11) is -2.66. The van der Waals surface area contributed by atoms with E-state index in [1.54, 1.807) is 0 Å². The normalized spacial score (nSPS) is 32.8. The molecule has 160 valence electrons. The molecule has 2 aliphatic heterocycles. The maximum Gasteiger partial charge on any atom is 0.330 e. The molecule has 29 heavy (non-hydrogen) atoms. The Labute approximate surface area is 167 Å². The lowest BCUT2D eigenvalue weighted by Crippen LogP contribution is -2.51. The van der Waals surface area contributed by atoms with Gasteiger partial charge < -0.3 is 25.4 Å². The zero-order chi connectivity index (χ0) is 21.3. The third kappa shape index (κ3) is 4.63. The SMILES string of the molecule is C[C@]1(O)C(n2ccc(=O)[nH]c2=O)OC(CO[PH](=O)SC[C@H]2NC(=O)NC2=O)[C@H]1N. The summed E-state index contributed by atoms with van der Waals surface area (Å²) in [5.41, 5.74) is 2.96. The highest BCUT2D eigenvalue weighted by Gasteiger charge is 2.52. The largest absolute Gasteiger partial charge is 0.384 e. The predicted molar refractivity (Wildman–Crippen MR) is 102 cm³/mol. The highest BCUT2D eigenvalue weighted by atomic mass is 32.7. The fourth-order valence-corrected chi connectivity index (χ4v) is 5.23. The molecule has 15 heteroatoms. The first-order valence-corrected chi connectivity index (χ1v) is 11.5. The molecule has 6 N–H and O–H groups in total. The van der Waals surface area contributed by atoms with E-state index in [1.807, 2.05) is 0 Å². The lowest BCUT2D eigenvalue weighted by Gasteiger charge is -2.28. The molecule has 3 heterocycles. The minimum atomic E-state index is -2.66. The molecule has 0 saturated carbocycles. The molecule has 0 aliphatic carbocycles. The minimum Gasteiger partial charge on any atom is -0.384 e. The number of H-pyrrole nitrogens is 1. The van der Waals surface area contributed by atoms with Gasteiger partial charge in [-0.3, -0.25) is 29.0 Å². The fraction of sp³-hybridized carbons (Fsp3) is 0.571. The number of imide groups is 1. The van der Waals surface area contributed by atoms with E-state index in [4.69, 9.17) is 15.0 Å². The van der Waals surface area contributed by atoms with E-state index in [-0.39, 0.29) is 12.4 Å². The van der Waals surface area contributed by atoms with Crippen LogP contribution in [0.1, 0.15) is 13.2 Å². The van der Waals surface area contributed by atoms with Gasteiger partial charge in [0, 0.05) is 18.0 Å². The predicted octanol–water partition coefficient (Wildman–Crippen LogP) is -2.14. The maximum atomic E-state index is 12.1. The number of carbonyl (C=O) groups is 2. The minimum absolute atomic E-state index is 0.0556. The van der Waals surface area contributed by atoms with Crippen molar-refractivity contribution < 1.29 is 28.5 Å². The Kier molecular flexibility index (Phi) is 6.31. The summed E-state index contributed by atoms with van der Waals surface area (Å²) in [6.45, 7) is 1.14. The van der Waals surface area contributed by atoms with Gasteiger partial charge in [0.15, 0.2) is 6.23 Å². The van der Waals surface area contributed by atoms with Crippen molar-refractivity contribution >= 4 is 30.5 Å². The highest BCUT2D eigenvalue weighted by molar-refractivity contribution is 8.50. The lowest BCUT2D eigenvalue weighted by atomic mass is 9.94. The average molecular weight is 449 g/mol. The number of nitrogens with two attached hydrogens (primary N) is 1. The second-order valence-electron chi connectivity index (χ2n) is 6.68. The van der Waals surface area contributed by atoms with Crippen LogP contribution < -0.4 is 27.6 Å². The molecule has 2 aliphatic rings. The smallest absolute Gasteiger partial charge is 0.330 e. The van der Waals surface area contributed by atoms with Crippen LogP contribution in [0.25, 0.3) is 0 Å². The van der Waals surface area contributed by atoms with Gasteiger partial charge in [0.2, 0.25) is 7.23 Å². The van der Waals surface area contributed by atoms with Gasteiger partial charge in [-0.1, -0.05) is 11.4 Å². The second-order valence-corrected chi connectivity index (χ2v) is 9.96. The summed E-state index contributed by atoms with van der Waals surface area (Å²) in [6.07, 6.45) is -0.906. The monoisotopic (exact) mass is 449 g/mol. The number of nitrogens with one attached hydrogen (secondary N) is 3. The molecule has 1 aromatic rings. The van der Waals surface area contributed by atoms with E-state index in [0.29, 0.717) is 0 Å². The first kappa shape index (κ1) is 21.7. The Morgan fingerprint density at radius 3 is 2.76 bits per heavy atom. The van der Waals surface area contributed by atoms with Crippen molar-refractivity contribution in [2.75, 3.05) is 12.4 Å². The van der Waals surface area contributed by atoms with E-state index in [2.05, 4.69) is 15.6 Å². The Balaban J connectivity index is 1.58. The van der Waals surface area contributed by atoms with E-state index in [9.17, 15) is 28.8 Å². The highest BCUT2D eigenvalue weighted by Crippen LogP contribution is 2.42. The fourth-order valence-electron chi connectivity index (χ4n) is 2.95. The van der Waals surface area contributed by atoms with Gasteiger partial charge in [0.25, 0.3) is 11.5 Å². The molecule has 0 radical (unpaired) electrons. The van der Waals surface area contributed by atoms with Crippen molar-refractivity contribution in [3.05, 3.63) is 33.1 Å². The Morgan fingerprint density at radius 1 is 1.41 bits per heavy atom. The summed E-state index contributed by atoms with van der Waals surface area (Å²) < 4.78 is 24.0. The first-order chi connectivity index (χ1) is 13.6. The summed E-state index contributed by atoms with van der Waals surface area (Å²) >= 11 is 0.860. The number of aromatic nitrogens is 2. The number of carbonyl (C=O) groups excluding carboxylic acids is 2. The van der Waals surface area contributed by atoms with Gasteiger partial charge in [0.05, 0.1) is 12.6 Å². The number of amides is 3. The van der Waals surface area contributed by atoms with Gasteiger partial charge in [-0.05, 0) is 6.92 Å². The molecule has 2 fully saturated rings. The Hall–Kier alpha value is -1.96. The maximum absolute atomic E-state index is 12.1. The van der Waals surface area contributed by atoms with Crippen LogP contribution in [0.15, 0.2) is 21.9 Å². The van der Waals surface area contributed by atoms with Crippen LogP contribution in [-0.2, 0) is 18.6 Å². The van der Waals surface area contributed by atoms with E-state index >= 15 is 0 Å². The molecule has 2 saturated heterocycles. The van der Waals surface area contributed by atoms with Gasteiger partial charge in [0.1, 0.15) is 17.7 Å². The summed E-state index contributed by atoms with van der Waals surface area (Å²) in [5, 5.41) is 15.1. The Bertz CT molecular complexity index is 948. The van der Waals surface area contributed by atoms with E-state index < -0.39 is 60.4 Å². The van der Waals surface area contributed by atoms with Gasteiger partial charge in [-0.2, -0.15) is 0 Å². The molecule has 1 aromatic heterocycles.